The number of halogens is 1. The summed E-state index contributed by atoms with van der Waals surface area (Å²) in [5.41, 5.74) is 3.61. The zero-order valence-electron chi connectivity index (χ0n) is 19.4. The topological polar surface area (TPSA) is 76.3 Å². The maximum absolute atomic E-state index is 13.0. The summed E-state index contributed by atoms with van der Waals surface area (Å²) < 4.78 is 4.14. The van der Waals surface area contributed by atoms with Crippen LogP contribution >= 0.6 is 23.4 Å². The van der Waals surface area contributed by atoms with E-state index in [0.29, 0.717) is 32.7 Å². The molecule has 36 heavy (non-hydrogen) atoms. The van der Waals surface area contributed by atoms with Gasteiger partial charge in [-0.3, -0.25) is 14.9 Å². The smallest absolute Gasteiger partial charge is 0.259 e. The van der Waals surface area contributed by atoms with Gasteiger partial charge in [0.05, 0.1) is 27.1 Å². The van der Waals surface area contributed by atoms with Gasteiger partial charge in [0.2, 0.25) is 0 Å². The highest BCUT2D eigenvalue weighted by molar-refractivity contribution is 7.99. The molecule has 2 amide bonds. The Bertz CT molecular complexity index is 1690. The van der Waals surface area contributed by atoms with Gasteiger partial charge in [-0.05, 0) is 54.1 Å². The van der Waals surface area contributed by atoms with Crippen LogP contribution in [-0.2, 0) is 13.6 Å². The monoisotopic (exact) mass is 515 g/mol. The van der Waals surface area contributed by atoms with Crippen molar-refractivity contribution in [2.75, 3.05) is 5.75 Å². The highest BCUT2D eigenvalue weighted by Crippen LogP contribution is 2.44. The zero-order chi connectivity index (χ0) is 25.0. The van der Waals surface area contributed by atoms with E-state index in [9.17, 15) is 14.7 Å². The Morgan fingerprint density at radius 1 is 0.944 bits per heavy atom. The van der Waals surface area contributed by atoms with E-state index in [1.165, 1.54) is 0 Å². The second-order valence-corrected chi connectivity index (χ2v) is 10.4. The second-order valence-electron chi connectivity index (χ2n) is 8.85. The highest BCUT2D eigenvalue weighted by Gasteiger charge is 2.34. The predicted molar refractivity (Wildman–Crippen MR) is 144 cm³/mol. The van der Waals surface area contributed by atoms with Gasteiger partial charge in [-0.1, -0.05) is 29.8 Å². The van der Waals surface area contributed by atoms with Crippen LogP contribution in [0.3, 0.4) is 0 Å². The predicted octanol–water partition coefficient (Wildman–Crippen LogP) is 6.23. The number of rotatable bonds is 6. The minimum Gasteiger partial charge on any atom is -0.507 e. The van der Waals surface area contributed by atoms with Gasteiger partial charge in [-0.2, -0.15) is 0 Å². The summed E-state index contributed by atoms with van der Waals surface area (Å²) in [6.07, 6.45) is 5.04. The molecule has 0 atom stereocenters. The normalized spacial score (nSPS) is 13.1. The molecule has 8 heteroatoms. The molecule has 0 fully saturated rings. The van der Waals surface area contributed by atoms with Crippen LogP contribution in [0.2, 0.25) is 5.02 Å². The number of hydrogen-bond donors (Lipinski definition) is 2. The number of thioether (sulfide) groups is 1. The van der Waals surface area contributed by atoms with Crippen molar-refractivity contribution in [3.05, 3.63) is 83.1 Å². The van der Waals surface area contributed by atoms with Crippen molar-refractivity contribution < 1.29 is 14.7 Å². The van der Waals surface area contributed by atoms with Crippen LogP contribution in [0, 0.1) is 0 Å². The van der Waals surface area contributed by atoms with Crippen LogP contribution in [0.4, 0.5) is 0 Å². The van der Waals surface area contributed by atoms with Gasteiger partial charge in [0.15, 0.2) is 0 Å². The Kier molecular flexibility index (Phi) is 5.54. The number of aromatic nitrogens is 2. The summed E-state index contributed by atoms with van der Waals surface area (Å²) in [5.74, 6) is 0.131. The average Bonchev–Trinajstić information content (AvgIpc) is 3.55. The zero-order valence-corrected chi connectivity index (χ0v) is 21.0. The van der Waals surface area contributed by atoms with Gasteiger partial charge in [-0.25, -0.2) is 0 Å². The molecule has 0 aliphatic carbocycles. The summed E-state index contributed by atoms with van der Waals surface area (Å²) in [7, 11) is 1.93. The molecule has 2 N–H and O–H groups in total. The third-order valence-corrected chi connectivity index (χ3v) is 8.17. The maximum Gasteiger partial charge on any atom is 0.259 e. The van der Waals surface area contributed by atoms with E-state index in [1.54, 1.807) is 23.9 Å². The molecule has 180 valence electrons. The molecule has 0 bridgehead atoms. The van der Waals surface area contributed by atoms with Gasteiger partial charge in [-0.15, -0.1) is 11.8 Å². The molecule has 1 aliphatic rings. The van der Waals surface area contributed by atoms with Crippen molar-refractivity contribution >= 4 is 57.0 Å². The Morgan fingerprint density at radius 2 is 1.69 bits per heavy atom. The number of phenols is 1. The van der Waals surface area contributed by atoms with Crippen LogP contribution < -0.4 is 5.32 Å². The first-order valence-corrected chi connectivity index (χ1v) is 13.0. The maximum atomic E-state index is 13.0. The highest BCUT2D eigenvalue weighted by atomic mass is 35.5. The molecule has 0 unspecified atom stereocenters. The average molecular weight is 516 g/mol. The van der Waals surface area contributed by atoms with Crippen LogP contribution in [0.25, 0.3) is 32.9 Å². The lowest BCUT2D eigenvalue weighted by atomic mass is 9.93. The van der Waals surface area contributed by atoms with Gasteiger partial charge >= 0.3 is 0 Å². The lowest BCUT2D eigenvalue weighted by molar-refractivity contribution is 0.0880. The van der Waals surface area contributed by atoms with Gasteiger partial charge in [0, 0.05) is 47.3 Å². The molecular formula is C28H22ClN3O3S. The minimum atomic E-state index is -0.442. The fourth-order valence-corrected chi connectivity index (χ4v) is 6.15. The van der Waals surface area contributed by atoms with Gasteiger partial charge in [0.1, 0.15) is 5.75 Å². The lowest BCUT2D eigenvalue weighted by Gasteiger charge is -2.10. The standard InChI is InChI=1S/C28H22ClN3O3S/c1-31-20-15-23(36-12-6-11-32-9-4-5-10-32)22(33)14-18(20)24-21(31)13-17(16-7-2-3-8-19(16)29)25-26(24)28(35)30-27(25)34/h2-5,7-10,13-15,33H,6,11-12H2,1H3,(H,30,34,35). The molecule has 6 nitrogen and oxygen atoms in total. The Labute approximate surface area is 216 Å². The molecule has 1 aliphatic heterocycles. The van der Waals surface area contributed by atoms with E-state index in [0.717, 1.165) is 40.0 Å². The number of imide groups is 1. The van der Waals surface area contributed by atoms with E-state index < -0.39 is 11.8 Å². The molecule has 3 heterocycles. The first-order chi connectivity index (χ1) is 17.4. The van der Waals surface area contributed by atoms with E-state index in [1.807, 2.05) is 66.5 Å². The fourth-order valence-electron chi connectivity index (χ4n) is 5.02. The molecule has 0 spiro atoms. The van der Waals surface area contributed by atoms with Crippen LogP contribution in [0.15, 0.2) is 71.9 Å². The largest absolute Gasteiger partial charge is 0.507 e. The second kappa shape index (κ2) is 8.76. The number of benzene rings is 3. The number of aromatic hydroxyl groups is 1. The first-order valence-electron chi connectivity index (χ1n) is 11.6. The summed E-state index contributed by atoms with van der Waals surface area (Å²) in [5, 5.41) is 15.2. The van der Waals surface area contributed by atoms with E-state index in [4.69, 9.17) is 11.6 Å². The van der Waals surface area contributed by atoms with Crippen LogP contribution in [0.5, 0.6) is 5.75 Å². The van der Waals surface area contributed by atoms with Crippen molar-refractivity contribution in [1.29, 1.82) is 0 Å². The number of nitrogens with zero attached hydrogens (tertiary/aromatic N) is 2. The molecule has 0 saturated carbocycles. The summed E-state index contributed by atoms with van der Waals surface area (Å²) in [4.78, 5) is 26.7. The molecule has 6 rings (SSSR count). The number of amides is 2. The van der Waals surface area contributed by atoms with E-state index in [-0.39, 0.29) is 5.75 Å². The Hall–Kier alpha value is -3.68. The van der Waals surface area contributed by atoms with Gasteiger partial charge < -0.3 is 14.2 Å². The number of phenolic OH excluding ortho intramolecular Hbond substituents is 1. The SMILES string of the molecule is Cn1c2cc(SCCCn3cccc3)c(O)cc2c2c3c(c(-c4ccccc4Cl)cc21)C(=O)NC3=O. The lowest BCUT2D eigenvalue weighted by Crippen LogP contribution is -2.20. The van der Waals surface area contributed by atoms with Crippen molar-refractivity contribution in [3.63, 3.8) is 0 Å². The summed E-state index contributed by atoms with van der Waals surface area (Å²) in [6.45, 7) is 0.914. The molecular weight excluding hydrogens is 494 g/mol. The van der Waals surface area contributed by atoms with Crippen molar-refractivity contribution in [2.45, 2.75) is 17.9 Å². The number of hydrogen-bond acceptors (Lipinski definition) is 4. The van der Waals surface area contributed by atoms with Crippen molar-refractivity contribution in [3.8, 4) is 16.9 Å². The van der Waals surface area contributed by atoms with Crippen LogP contribution in [0.1, 0.15) is 27.1 Å². The molecule has 3 aromatic carbocycles. The third-order valence-electron chi connectivity index (χ3n) is 6.71. The van der Waals surface area contributed by atoms with Crippen molar-refractivity contribution in [2.24, 2.45) is 7.05 Å². The fraction of sp³-hybridized carbons (Fsp3) is 0.143. The first kappa shape index (κ1) is 22.8. The molecule has 0 radical (unpaired) electrons. The van der Waals surface area contributed by atoms with Crippen LogP contribution in [-0.4, -0.2) is 31.8 Å². The Balaban J connectivity index is 1.49. The molecule has 0 saturated heterocycles. The minimum absolute atomic E-state index is 0.162. The molecule has 2 aromatic heterocycles. The number of carbonyl (C=O) groups is 2. The number of aryl methyl sites for hydroxylation is 2. The summed E-state index contributed by atoms with van der Waals surface area (Å²) in [6, 6.07) is 16.9. The third kappa shape index (κ3) is 3.58. The molecule has 5 aromatic rings. The Morgan fingerprint density at radius 3 is 2.47 bits per heavy atom. The number of carbonyl (C=O) groups excluding carboxylic acids is 2. The van der Waals surface area contributed by atoms with Crippen molar-refractivity contribution in [1.82, 2.24) is 14.5 Å². The quantitative estimate of drug-likeness (QED) is 0.160. The van der Waals surface area contributed by atoms with Gasteiger partial charge in [0.25, 0.3) is 11.8 Å². The van der Waals surface area contributed by atoms with E-state index >= 15 is 0 Å². The number of nitrogens with one attached hydrogen (secondary N) is 1. The number of fused-ring (bicyclic) bond motifs is 5. The van der Waals surface area contributed by atoms with E-state index in [2.05, 4.69) is 9.88 Å². The summed E-state index contributed by atoms with van der Waals surface area (Å²) >= 11 is 8.09.